The number of nitro benzene ring substituents is 2. The number of carboxylic acids is 1. The summed E-state index contributed by atoms with van der Waals surface area (Å²) in [6.45, 7) is 19.7. The lowest BCUT2D eigenvalue weighted by atomic mass is 9.97. The number of fused-ring (bicyclic) bond motifs is 1. The molecule has 0 radical (unpaired) electrons. The van der Waals surface area contributed by atoms with Gasteiger partial charge in [-0.25, -0.2) is 9.78 Å². The number of nitro groups is 2. The second kappa shape index (κ2) is 54.4. The van der Waals surface area contributed by atoms with Crippen molar-refractivity contribution in [3.8, 4) is 28.7 Å². The van der Waals surface area contributed by atoms with Crippen molar-refractivity contribution < 1.29 is 81.9 Å². The number of rotatable bonds is 16. The Kier molecular flexibility index (Phi) is 45.4. The zero-order chi connectivity index (χ0) is 87.2. The smallest absolute Gasteiger partial charge is 0.337 e. The molecule has 7 N–H and O–H groups in total. The number of hydrogen-bond acceptors (Lipinski definition) is 23. The molecule has 3 amide bonds. The van der Waals surface area contributed by atoms with E-state index < -0.39 is 15.8 Å². The van der Waals surface area contributed by atoms with Crippen LogP contribution in [0.25, 0.3) is 16.6 Å². The van der Waals surface area contributed by atoms with E-state index in [9.17, 15) is 49.0 Å². The normalized spacial score (nSPS) is 17.4. The van der Waals surface area contributed by atoms with Gasteiger partial charge in [-0.15, -0.1) is 12.4 Å². The average Bonchev–Trinajstić information content (AvgIpc) is 0.772. The van der Waals surface area contributed by atoms with Gasteiger partial charge < -0.3 is 79.6 Å². The number of carbonyl (C=O) groups excluding carboxylic acids is 4. The first-order valence-electron chi connectivity index (χ1n) is 41.7. The van der Waals surface area contributed by atoms with Gasteiger partial charge in [0.1, 0.15) is 53.2 Å². The summed E-state index contributed by atoms with van der Waals surface area (Å²) in [6.07, 6.45) is 14.1. The fourth-order valence-corrected chi connectivity index (χ4v) is 15.1. The molecule has 0 bridgehead atoms. The van der Waals surface area contributed by atoms with Gasteiger partial charge in [0.05, 0.1) is 32.0 Å². The minimum absolute atomic E-state index is 0. The Hall–Kier alpha value is -9.32. The number of aliphatic hydroxyl groups excluding tert-OH is 1. The van der Waals surface area contributed by atoms with Gasteiger partial charge in [-0.3, -0.25) is 48.8 Å². The summed E-state index contributed by atoms with van der Waals surface area (Å²) in [7, 11) is 1.00. The monoisotopic (exact) mass is 1860 g/mol. The maximum Gasteiger partial charge on any atom is 0.337 e. The standard InChI is InChI=1S/C27H31N3O4.C17H22N2O5.C17H24N2O3.C11H14N2O3.C8H9NO2.C6H9ClO2.C2H5I.CH4O.CH4.ClH/c1-18-3-8-25-24(17-18)27(32)30(19(2)28-25)21-4-6-22(7-5-21)34-23-9-13-29(14-10-23)26(31)20-11-15-33-16-12-20;20-17(13-7-11-23-12-8-13)18-9-5-16(6-10-18)24-15-3-1-14(2-4-15)19(21)22;18-14-1-3-15(4-2-14)22-16-5-9-19(10-6-16)17(20)13-7-11-21-12-8-13;14-13(15)9-1-3-10(4-2-9)16-11-5-7-12-8-6-11;1-5-2-3-7(9)6(4-5)8(10)11;7-6(8)5-1-3-9-4-2-5;1-2-3;1-2;;/h3-8,17,20,23H,9-16H2,1-2H3;1-4,13,16H,5-12H2;1-4,13,16H,5-12,18H2;1-4,11-12H,5-8H2;2-4H,9H2,1H3,(H,10,11);5H,1-4H2;2H2,1H3;2H,1H3;1H4;1H. The van der Waals surface area contributed by atoms with E-state index in [4.69, 9.17) is 71.2 Å². The Morgan fingerprint density at radius 3 is 1.15 bits per heavy atom. The quantitative estimate of drug-likeness (QED) is 0.0150. The third kappa shape index (κ3) is 33.6. The lowest BCUT2D eigenvalue weighted by molar-refractivity contribution is -0.385. The van der Waals surface area contributed by atoms with Crippen molar-refractivity contribution in [1.82, 2.24) is 29.6 Å². The topological polar surface area (TPSA) is 395 Å². The summed E-state index contributed by atoms with van der Waals surface area (Å²) in [5, 5.41) is 40.4. The zero-order valence-electron chi connectivity index (χ0n) is 70.3. The third-order valence-corrected chi connectivity index (χ3v) is 22.0. The predicted molar refractivity (Wildman–Crippen MR) is 485 cm³/mol. The molecule has 8 aliphatic heterocycles. The number of amides is 3. The molecule has 123 heavy (non-hydrogen) atoms. The molecule has 8 fully saturated rings. The van der Waals surface area contributed by atoms with E-state index in [1.807, 2.05) is 102 Å². The van der Waals surface area contributed by atoms with Crippen molar-refractivity contribution in [2.75, 3.05) is 128 Å². The lowest BCUT2D eigenvalue weighted by Crippen LogP contribution is -2.45. The fraction of sp³-hybridized carbons (Fsp3) is 0.522. The fourth-order valence-electron chi connectivity index (χ4n) is 14.9. The van der Waals surface area contributed by atoms with Crippen LogP contribution in [0.2, 0.25) is 0 Å². The maximum atomic E-state index is 13.2. The minimum atomic E-state index is -0.980. The Morgan fingerprint density at radius 2 is 0.821 bits per heavy atom. The molecule has 33 heteroatoms. The first kappa shape index (κ1) is 102. The van der Waals surface area contributed by atoms with Gasteiger partial charge in [0.15, 0.2) is 0 Å². The van der Waals surface area contributed by atoms with Crippen LogP contribution in [0.15, 0.2) is 138 Å². The van der Waals surface area contributed by atoms with Gasteiger partial charge in [-0.2, -0.15) is 0 Å². The SMILES string of the molecule is C.CCI.CO.Cc1ccc(N)c(C(=O)O)c1.Cc1ccc2nc(C)n(-c3ccc(OC4CCN(C(=O)C5CCOCC5)CC4)cc3)c(=O)c2c1.Cl.Nc1ccc(OC2CCN(C(=O)C3CCOCC3)CC2)cc1.O=C(C1CCOCC1)N1CCC(Oc2ccc([N+](=O)[O-])cc2)CC1.O=C(Cl)C1CCOCC1.O=[N+]([O-])c1ccc(OC2CCNCC2)cc1. The largest absolute Gasteiger partial charge is 0.490 e. The van der Waals surface area contributed by atoms with Crippen molar-refractivity contribution in [2.24, 2.45) is 23.7 Å². The number of carbonyl (C=O) groups is 5. The van der Waals surface area contributed by atoms with Crippen LogP contribution >= 0.6 is 46.6 Å². The summed E-state index contributed by atoms with van der Waals surface area (Å²) < 4.78 is 47.7. The number of likely N-dealkylation sites (tertiary alicyclic amines) is 3. The molecular weight excluding hydrogens is 1740 g/mol. The molecule has 0 spiro atoms. The number of ether oxygens (including phenoxy) is 8. The van der Waals surface area contributed by atoms with E-state index in [-0.39, 0.29) is 107 Å². The summed E-state index contributed by atoms with van der Waals surface area (Å²) >= 11 is 7.55. The minimum Gasteiger partial charge on any atom is -0.490 e. The Labute approximate surface area is 745 Å². The highest BCUT2D eigenvalue weighted by Crippen LogP contribution is 2.30. The number of non-ortho nitro benzene ring substituents is 2. The molecule has 0 saturated carbocycles. The van der Waals surface area contributed by atoms with Crippen molar-refractivity contribution >= 4 is 109 Å². The van der Waals surface area contributed by atoms with Crippen LogP contribution in [0.3, 0.4) is 0 Å². The lowest BCUT2D eigenvalue weighted by Gasteiger charge is -2.35. The molecule has 1 aromatic heterocycles. The summed E-state index contributed by atoms with van der Waals surface area (Å²) in [5.74, 6) is 3.87. The van der Waals surface area contributed by atoms with Gasteiger partial charge in [-0.1, -0.05) is 60.2 Å². The Morgan fingerprint density at radius 1 is 0.504 bits per heavy atom. The van der Waals surface area contributed by atoms with Gasteiger partial charge >= 0.3 is 5.97 Å². The van der Waals surface area contributed by atoms with Gasteiger partial charge in [0, 0.05) is 197 Å². The van der Waals surface area contributed by atoms with E-state index >= 15 is 0 Å². The van der Waals surface area contributed by atoms with E-state index in [1.54, 1.807) is 47.0 Å². The van der Waals surface area contributed by atoms with Crippen LogP contribution < -0.4 is 41.3 Å². The molecular formula is C90H123Cl2IN10O20. The van der Waals surface area contributed by atoms with Crippen LogP contribution in [0, 0.1) is 64.7 Å². The number of carboxylic acid groups (broad SMARTS) is 1. The highest BCUT2D eigenvalue weighted by molar-refractivity contribution is 14.1. The summed E-state index contributed by atoms with van der Waals surface area (Å²) in [5.41, 5.74) is 15.8. The summed E-state index contributed by atoms with van der Waals surface area (Å²) in [4.78, 5) is 103. The van der Waals surface area contributed by atoms with E-state index in [2.05, 4.69) is 39.8 Å². The number of nitrogens with one attached hydrogen (secondary N) is 1. The number of aliphatic hydroxyl groups is 1. The number of nitrogens with two attached hydrogens (primary N) is 2. The Balaban J connectivity index is 0.000000236. The number of hydrogen-bond donors (Lipinski definition) is 5. The molecule has 6 aromatic carbocycles. The molecule has 8 aliphatic rings. The van der Waals surface area contributed by atoms with E-state index in [0.29, 0.717) is 106 Å². The van der Waals surface area contributed by atoms with E-state index in [1.165, 1.54) is 28.7 Å². The van der Waals surface area contributed by atoms with Crippen LogP contribution in [-0.2, 0) is 38.1 Å². The second-order valence-corrected chi connectivity index (χ2v) is 32.3. The number of alkyl halides is 1. The molecule has 8 saturated heterocycles. The van der Waals surface area contributed by atoms with Crippen molar-refractivity contribution in [1.29, 1.82) is 0 Å². The first-order chi connectivity index (χ1) is 58.4. The number of aromatic nitrogens is 2. The number of piperidine rings is 4. The van der Waals surface area contributed by atoms with Crippen molar-refractivity contribution in [3.05, 3.63) is 187 Å². The molecule has 15 rings (SSSR count). The molecule has 674 valence electrons. The Bertz CT molecular complexity index is 4430. The number of anilines is 2. The molecule has 0 aliphatic carbocycles. The van der Waals surface area contributed by atoms with Crippen LogP contribution in [-0.4, -0.2) is 214 Å². The van der Waals surface area contributed by atoms with Crippen LogP contribution in [0.4, 0.5) is 22.7 Å². The van der Waals surface area contributed by atoms with Gasteiger partial charge in [-0.05, 0) is 211 Å². The maximum absolute atomic E-state index is 13.2. The van der Waals surface area contributed by atoms with Crippen molar-refractivity contribution in [2.45, 2.75) is 162 Å². The van der Waals surface area contributed by atoms with Gasteiger partial charge in [0.2, 0.25) is 23.0 Å². The highest BCUT2D eigenvalue weighted by atomic mass is 127. The predicted octanol–water partition coefficient (Wildman–Crippen LogP) is 14.5. The van der Waals surface area contributed by atoms with E-state index in [0.717, 1.165) is 183 Å². The highest BCUT2D eigenvalue weighted by Gasteiger charge is 2.34. The second-order valence-electron chi connectivity index (χ2n) is 30.4. The van der Waals surface area contributed by atoms with Gasteiger partial charge in [0.25, 0.3) is 16.9 Å². The molecule has 0 atom stereocenters. The average molecular weight is 1860 g/mol. The first-order valence-corrected chi connectivity index (χ1v) is 43.6. The zero-order valence-corrected chi connectivity index (χ0v) is 74.1. The molecule has 0 unspecified atom stereocenters. The molecule has 7 aromatic rings. The molecule has 9 heterocycles. The number of nitrogen functional groups attached to an aromatic ring is 2. The third-order valence-electron chi connectivity index (χ3n) is 21.7. The number of nitrogens with zero attached hydrogens (tertiary/aromatic N) is 7. The number of aryl methyl sites for hydroxylation is 3. The van der Waals surface area contributed by atoms with Crippen LogP contribution in [0.5, 0.6) is 23.0 Å². The number of benzene rings is 6. The van der Waals surface area contributed by atoms with Crippen LogP contribution in [0.1, 0.15) is 144 Å². The number of halogens is 3. The van der Waals surface area contributed by atoms with Crippen molar-refractivity contribution in [3.63, 3.8) is 0 Å². The number of aromatic carboxylic acids is 1. The summed E-state index contributed by atoms with van der Waals surface area (Å²) in [6, 6.07) is 38.1. The molecule has 30 nitrogen and oxygen atoms in total.